The smallest absolute Gasteiger partial charge is 0.366 e. The number of fused-ring (bicyclic) bond motifs is 1. The number of pyridine rings is 1. The number of amides is 1. The second-order valence-electron chi connectivity index (χ2n) is 6.23. The lowest BCUT2D eigenvalue weighted by Gasteiger charge is -2.37. The summed E-state index contributed by atoms with van der Waals surface area (Å²) in [6.07, 6.45) is 1.57. The lowest BCUT2D eigenvalue weighted by molar-refractivity contribution is -0.389. The molecule has 2 rings (SSSR count). The highest BCUT2D eigenvalue weighted by Gasteiger charge is 2.48. The van der Waals surface area contributed by atoms with Crippen molar-refractivity contribution in [1.82, 2.24) is 4.98 Å². The van der Waals surface area contributed by atoms with Gasteiger partial charge in [-0.05, 0) is 43.2 Å². The van der Waals surface area contributed by atoms with Gasteiger partial charge in [0.05, 0.1) is 6.61 Å². The molecule has 0 saturated heterocycles. The Morgan fingerprint density at radius 2 is 2.16 bits per heavy atom. The number of esters is 1. The first kappa shape index (κ1) is 18.6. The van der Waals surface area contributed by atoms with E-state index in [0.29, 0.717) is 6.42 Å². The molecule has 1 atom stereocenters. The molecule has 0 spiro atoms. The molecule has 9 heteroatoms. The van der Waals surface area contributed by atoms with Gasteiger partial charge in [0.2, 0.25) is 0 Å². The Morgan fingerprint density at radius 3 is 2.76 bits per heavy atom. The number of hydrogen-bond donors (Lipinski definition) is 0. The number of hydrogen-bond acceptors (Lipinski definition) is 7. The molecule has 1 amide bonds. The fourth-order valence-electron chi connectivity index (χ4n) is 2.39. The third kappa shape index (κ3) is 3.70. The summed E-state index contributed by atoms with van der Waals surface area (Å²) in [6.45, 7) is 6.82. The van der Waals surface area contributed by atoms with Crippen LogP contribution in [0.1, 0.15) is 40.5 Å². The topological polar surface area (TPSA) is 112 Å². The van der Waals surface area contributed by atoms with Crippen molar-refractivity contribution in [3.63, 3.8) is 0 Å². The summed E-state index contributed by atoms with van der Waals surface area (Å²) < 4.78 is 10.8. The monoisotopic (exact) mass is 351 g/mol. The molecule has 0 radical (unpaired) electrons. The van der Waals surface area contributed by atoms with Gasteiger partial charge in [0.15, 0.2) is 11.4 Å². The number of ether oxygens (including phenoxy) is 2. The normalized spacial score (nSPS) is 16.6. The maximum Gasteiger partial charge on any atom is 0.366 e. The van der Waals surface area contributed by atoms with Crippen LogP contribution in [-0.4, -0.2) is 40.0 Å². The van der Waals surface area contributed by atoms with Crippen LogP contribution in [-0.2, 0) is 14.3 Å². The number of rotatable bonds is 6. The molecule has 25 heavy (non-hydrogen) atoms. The standard InChI is InChI=1S/C16H21N3O6/c1-5-6-9-24-14(20)10(2)18-13-11(25-16(3,4)15(18)21)7-8-12(17-13)19(22)23/h7-8,10H,5-6,9H2,1-4H3. The Balaban J connectivity index is 2.41. The van der Waals surface area contributed by atoms with E-state index in [9.17, 15) is 19.7 Å². The summed E-state index contributed by atoms with van der Waals surface area (Å²) in [5, 5.41) is 11.0. The van der Waals surface area contributed by atoms with E-state index in [4.69, 9.17) is 9.47 Å². The van der Waals surface area contributed by atoms with Gasteiger partial charge in [-0.1, -0.05) is 13.3 Å². The van der Waals surface area contributed by atoms with Crippen LogP contribution in [0.5, 0.6) is 5.75 Å². The number of nitrogens with zero attached hydrogens (tertiary/aromatic N) is 3. The minimum atomic E-state index is -1.23. The van der Waals surface area contributed by atoms with Gasteiger partial charge < -0.3 is 19.6 Å². The molecule has 1 aliphatic rings. The molecule has 1 unspecified atom stereocenters. The number of carbonyl (C=O) groups is 2. The van der Waals surface area contributed by atoms with E-state index < -0.39 is 34.3 Å². The van der Waals surface area contributed by atoms with Crippen LogP contribution in [0, 0.1) is 10.1 Å². The Hall–Kier alpha value is -2.71. The van der Waals surface area contributed by atoms with Crippen LogP contribution < -0.4 is 9.64 Å². The summed E-state index contributed by atoms with van der Waals surface area (Å²) >= 11 is 0. The molecule has 2 heterocycles. The maximum atomic E-state index is 12.8. The van der Waals surface area contributed by atoms with E-state index in [2.05, 4.69) is 4.98 Å². The number of unbranched alkanes of at least 4 members (excludes halogenated alkanes) is 1. The third-order valence-corrected chi connectivity index (χ3v) is 3.81. The summed E-state index contributed by atoms with van der Waals surface area (Å²) in [7, 11) is 0. The summed E-state index contributed by atoms with van der Waals surface area (Å²) in [4.78, 5) is 40.3. The van der Waals surface area contributed by atoms with Crippen LogP contribution in [0.15, 0.2) is 12.1 Å². The van der Waals surface area contributed by atoms with Crippen LogP contribution >= 0.6 is 0 Å². The Bertz CT molecular complexity index is 703. The molecule has 0 bridgehead atoms. The van der Waals surface area contributed by atoms with Crippen molar-refractivity contribution in [3.05, 3.63) is 22.2 Å². The van der Waals surface area contributed by atoms with Crippen molar-refractivity contribution in [1.29, 1.82) is 0 Å². The zero-order valence-corrected chi connectivity index (χ0v) is 14.6. The number of nitro groups is 1. The van der Waals surface area contributed by atoms with Crippen molar-refractivity contribution in [2.24, 2.45) is 0 Å². The molecule has 9 nitrogen and oxygen atoms in total. The number of aromatic nitrogens is 1. The van der Waals surface area contributed by atoms with Gasteiger partial charge in [0.25, 0.3) is 11.7 Å². The molecule has 0 aromatic carbocycles. The molecule has 0 saturated carbocycles. The van der Waals surface area contributed by atoms with E-state index in [0.717, 1.165) is 11.3 Å². The van der Waals surface area contributed by atoms with Crippen molar-refractivity contribution in [2.45, 2.75) is 52.2 Å². The molecule has 0 N–H and O–H groups in total. The van der Waals surface area contributed by atoms with Gasteiger partial charge in [-0.15, -0.1) is 0 Å². The number of carbonyl (C=O) groups excluding carboxylic acids is 2. The van der Waals surface area contributed by atoms with Crippen LogP contribution in [0.2, 0.25) is 0 Å². The molecular formula is C16H21N3O6. The van der Waals surface area contributed by atoms with Gasteiger partial charge in [-0.25, -0.2) is 4.79 Å². The van der Waals surface area contributed by atoms with E-state index in [1.807, 2.05) is 6.92 Å². The highest BCUT2D eigenvalue weighted by atomic mass is 16.6. The predicted molar refractivity (Wildman–Crippen MR) is 88.4 cm³/mol. The highest BCUT2D eigenvalue weighted by Crippen LogP contribution is 2.38. The minimum absolute atomic E-state index is 0.0570. The molecule has 0 fully saturated rings. The van der Waals surface area contributed by atoms with Crippen molar-refractivity contribution < 1.29 is 24.0 Å². The average molecular weight is 351 g/mol. The van der Waals surface area contributed by atoms with Gasteiger partial charge >= 0.3 is 11.8 Å². The molecular weight excluding hydrogens is 330 g/mol. The first-order valence-electron chi connectivity index (χ1n) is 8.03. The fourth-order valence-corrected chi connectivity index (χ4v) is 2.39. The highest BCUT2D eigenvalue weighted by molar-refractivity contribution is 6.05. The first-order valence-corrected chi connectivity index (χ1v) is 8.03. The van der Waals surface area contributed by atoms with Crippen LogP contribution in [0.3, 0.4) is 0 Å². The minimum Gasteiger partial charge on any atom is -0.472 e. The predicted octanol–water partition coefficient (Wildman–Crippen LogP) is 2.23. The zero-order valence-electron chi connectivity index (χ0n) is 14.6. The second kappa shape index (κ2) is 7.04. The van der Waals surface area contributed by atoms with E-state index in [1.165, 1.54) is 19.1 Å². The van der Waals surface area contributed by atoms with Crippen LogP contribution in [0.25, 0.3) is 0 Å². The Labute approximate surface area is 145 Å². The molecule has 136 valence electrons. The quantitative estimate of drug-likeness (QED) is 0.334. The Kier molecular flexibility index (Phi) is 5.24. The molecule has 1 aromatic rings. The van der Waals surface area contributed by atoms with Gasteiger partial charge in [0.1, 0.15) is 6.04 Å². The lowest BCUT2D eigenvalue weighted by Crippen LogP contribution is -2.57. The SMILES string of the molecule is CCCCOC(=O)C(C)N1C(=O)C(C)(C)Oc2ccc([N+](=O)[O-])nc21. The molecule has 1 aromatic heterocycles. The maximum absolute atomic E-state index is 12.8. The molecule has 1 aliphatic heterocycles. The average Bonchev–Trinajstić information content (AvgIpc) is 2.55. The summed E-state index contributed by atoms with van der Waals surface area (Å²) in [5.74, 6) is -1.42. The van der Waals surface area contributed by atoms with E-state index in [-0.39, 0.29) is 18.2 Å². The lowest BCUT2D eigenvalue weighted by atomic mass is 10.0. The number of anilines is 1. The molecule has 0 aliphatic carbocycles. The van der Waals surface area contributed by atoms with E-state index in [1.54, 1.807) is 13.8 Å². The van der Waals surface area contributed by atoms with Crippen LogP contribution in [0.4, 0.5) is 11.6 Å². The largest absolute Gasteiger partial charge is 0.472 e. The van der Waals surface area contributed by atoms with Gasteiger partial charge in [0, 0.05) is 6.07 Å². The second-order valence-corrected chi connectivity index (χ2v) is 6.23. The summed E-state index contributed by atoms with van der Waals surface area (Å²) in [5.41, 5.74) is -1.23. The van der Waals surface area contributed by atoms with Crippen molar-refractivity contribution >= 4 is 23.5 Å². The third-order valence-electron chi connectivity index (χ3n) is 3.81. The Morgan fingerprint density at radius 1 is 1.48 bits per heavy atom. The van der Waals surface area contributed by atoms with Gasteiger partial charge in [-0.2, -0.15) is 0 Å². The van der Waals surface area contributed by atoms with Gasteiger partial charge in [-0.3, -0.25) is 9.69 Å². The van der Waals surface area contributed by atoms with E-state index >= 15 is 0 Å². The summed E-state index contributed by atoms with van der Waals surface area (Å²) in [6, 6.07) is 1.57. The van der Waals surface area contributed by atoms with Crippen molar-refractivity contribution in [3.8, 4) is 5.75 Å². The van der Waals surface area contributed by atoms with Crippen molar-refractivity contribution in [2.75, 3.05) is 11.5 Å². The first-order chi connectivity index (χ1) is 11.7. The fraction of sp³-hybridized carbons (Fsp3) is 0.562. The zero-order chi connectivity index (χ0) is 18.8.